The van der Waals surface area contributed by atoms with Crippen LogP contribution in [0.2, 0.25) is 0 Å². The highest BCUT2D eigenvalue weighted by atomic mass is 19.1. The van der Waals surface area contributed by atoms with Crippen molar-refractivity contribution < 1.29 is 4.39 Å². The van der Waals surface area contributed by atoms with E-state index in [4.69, 9.17) is 0 Å². The van der Waals surface area contributed by atoms with Crippen molar-refractivity contribution in [3.05, 3.63) is 83.8 Å². The Kier molecular flexibility index (Phi) is 2.97. The summed E-state index contributed by atoms with van der Waals surface area (Å²) in [5.41, 5.74) is 3.60. The van der Waals surface area contributed by atoms with Gasteiger partial charge in [-0.1, -0.05) is 35.9 Å². The maximum absolute atomic E-state index is 13.6. The molecule has 0 fully saturated rings. The second-order valence-electron chi connectivity index (χ2n) is 5.79. The normalized spacial score (nSPS) is 11.4. The topological polar surface area (TPSA) is 4.93 Å². The lowest BCUT2D eigenvalue weighted by molar-refractivity contribution is 0.629. The lowest BCUT2D eigenvalue weighted by atomic mass is 10.0. The molecule has 0 amide bonds. The fourth-order valence-corrected chi connectivity index (χ4v) is 3.09. The van der Waals surface area contributed by atoms with E-state index in [1.165, 1.54) is 22.5 Å². The molecule has 2 heteroatoms. The van der Waals surface area contributed by atoms with Gasteiger partial charge in [0.1, 0.15) is 5.82 Å². The molecule has 4 rings (SSSR count). The van der Waals surface area contributed by atoms with E-state index in [9.17, 15) is 4.39 Å². The number of hydrogen-bond donors (Lipinski definition) is 0. The molecule has 1 aromatic heterocycles. The van der Waals surface area contributed by atoms with Gasteiger partial charge in [0.25, 0.3) is 0 Å². The van der Waals surface area contributed by atoms with Gasteiger partial charge in [-0.15, -0.1) is 0 Å². The molecule has 0 N–H and O–H groups in total. The zero-order valence-electron chi connectivity index (χ0n) is 12.4. The van der Waals surface area contributed by atoms with Gasteiger partial charge in [0, 0.05) is 18.3 Å². The number of rotatable bonds is 2. The van der Waals surface area contributed by atoms with Gasteiger partial charge in [-0.2, -0.15) is 0 Å². The van der Waals surface area contributed by atoms with Gasteiger partial charge in [0.05, 0.1) is 0 Å². The van der Waals surface area contributed by atoms with Gasteiger partial charge in [0.15, 0.2) is 0 Å². The monoisotopic (exact) mass is 289 g/mol. The molecule has 4 aromatic rings. The summed E-state index contributed by atoms with van der Waals surface area (Å²) < 4.78 is 15.8. The van der Waals surface area contributed by atoms with Gasteiger partial charge in [-0.3, -0.25) is 0 Å². The highest BCUT2D eigenvalue weighted by Crippen LogP contribution is 2.23. The number of aromatic nitrogens is 1. The Bertz CT molecular complexity index is 982. The summed E-state index contributed by atoms with van der Waals surface area (Å²) >= 11 is 0. The quantitative estimate of drug-likeness (QED) is 0.472. The first-order valence-electron chi connectivity index (χ1n) is 7.43. The minimum Gasteiger partial charge on any atom is -0.343 e. The van der Waals surface area contributed by atoms with E-state index in [2.05, 4.69) is 48.0 Å². The van der Waals surface area contributed by atoms with Crippen LogP contribution >= 0.6 is 0 Å². The van der Waals surface area contributed by atoms with Crippen molar-refractivity contribution in [3.63, 3.8) is 0 Å². The number of benzene rings is 3. The smallest absolute Gasteiger partial charge is 0.123 e. The van der Waals surface area contributed by atoms with Crippen molar-refractivity contribution in [2.45, 2.75) is 13.5 Å². The molecule has 1 heterocycles. The molecule has 0 radical (unpaired) electrons. The summed E-state index contributed by atoms with van der Waals surface area (Å²) in [4.78, 5) is 0. The number of halogens is 1. The van der Waals surface area contributed by atoms with Gasteiger partial charge in [-0.05, 0) is 59.0 Å². The number of hydrogen-bond acceptors (Lipinski definition) is 0. The van der Waals surface area contributed by atoms with Gasteiger partial charge >= 0.3 is 0 Å². The van der Waals surface area contributed by atoms with Crippen molar-refractivity contribution in [1.29, 1.82) is 0 Å². The molecule has 0 aliphatic heterocycles. The van der Waals surface area contributed by atoms with E-state index in [1.807, 2.05) is 18.2 Å². The van der Waals surface area contributed by atoms with Crippen LogP contribution in [0.1, 0.15) is 11.1 Å². The predicted octanol–water partition coefficient (Wildman–Crippen LogP) is 5.29. The van der Waals surface area contributed by atoms with Crippen LogP contribution in [0.3, 0.4) is 0 Å². The van der Waals surface area contributed by atoms with Gasteiger partial charge in [0.2, 0.25) is 0 Å². The van der Waals surface area contributed by atoms with E-state index in [0.717, 1.165) is 22.9 Å². The number of nitrogens with zero attached hydrogens (tertiary/aromatic N) is 1. The maximum atomic E-state index is 13.6. The number of fused-ring (bicyclic) bond motifs is 2. The van der Waals surface area contributed by atoms with Gasteiger partial charge in [-0.25, -0.2) is 4.39 Å². The Morgan fingerprint density at radius 3 is 2.73 bits per heavy atom. The lowest BCUT2D eigenvalue weighted by Crippen LogP contribution is -1.99. The first kappa shape index (κ1) is 13.1. The van der Waals surface area contributed by atoms with Crippen molar-refractivity contribution in [1.82, 2.24) is 4.57 Å². The maximum Gasteiger partial charge on any atom is 0.123 e. The third kappa shape index (κ3) is 2.17. The largest absolute Gasteiger partial charge is 0.343 e. The van der Waals surface area contributed by atoms with Crippen molar-refractivity contribution in [2.75, 3.05) is 0 Å². The average Bonchev–Trinajstić information content (AvgIpc) is 2.90. The molecule has 0 bridgehead atoms. The van der Waals surface area contributed by atoms with Crippen LogP contribution in [0, 0.1) is 12.7 Å². The van der Waals surface area contributed by atoms with Crippen molar-refractivity contribution >= 4 is 21.7 Å². The molecule has 0 aliphatic rings. The summed E-state index contributed by atoms with van der Waals surface area (Å²) in [5, 5.41) is 3.30. The molecule has 0 atom stereocenters. The fourth-order valence-electron chi connectivity index (χ4n) is 3.09. The molecule has 0 unspecified atom stereocenters. The Balaban J connectivity index is 1.84. The van der Waals surface area contributed by atoms with Crippen LogP contribution in [0.25, 0.3) is 21.7 Å². The van der Waals surface area contributed by atoms with Gasteiger partial charge < -0.3 is 4.57 Å². The molecule has 0 saturated carbocycles. The highest BCUT2D eigenvalue weighted by Gasteiger charge is 2.06. The zero-order valence-corrected chi connectivity index (χ0v) is 12.4. The summed E-state index contributed by atoms with van der Waals surface area (Å²) in [7, 11) is 0. The molecular weight excluding hydrogens is 273 g/mol. The summed E-state index contributed by atoms with van der Waals surface area (Å²) in [6, 6.07) is 19.7. The standard InChI is InChI=1S/C20H16FN/c1-14-5-8-20-16(11-14)9-10-22(20)13-17-4-2-3-15-6-7-18(21)12-19(15)17/h2-12H,13H2,1H3. The average molecular weight is 289 g/mol. The third-order valence-corrected chi connectivity index (χ3v) is 4.20. The van der Waals surface area contributed by atoms with E-state index in [-0.39, 0.29) is 5.82 Å². The summed E-state index contributed by atoms with van der Waals surface area (Å²) in [6.07, 6.45) is 2.10. The molecule has 22 heavy (non-hydrogen) atoms. The van der Waals surface area contributed by atoms with Crippen LogP contribution in [0.4, 0.5) is 4.39 Å². The van der Waals surface area contributed by atoms with E-state index in [0.29, 0.717) is 0 Å². The van der Waals surface area contributed by atoms with Crippen LogP contribution in [-0.2, 0) is 6.54 Å². The molecule has 0 aliphatic carbocycles. The SMILES string of the molecule is Cc1ccc2c(ccn2Cc2cccc3ccc(F)cc23)c1. The Labute approximate surface area is 128 Å². The minimum absolute atomic E-state index is 0.187. The second-order valence-corrected chi connectivity index (χ2v) is 5.79. The van der Waals surface area contributed by atoms with Crippen molar-refractivity contribution in [2.24, 2.45) is 0 Å². The van der Waals surface area contributed by atoms with E-state index >= 15 is 0 Å². The van der Waals surface area contributed by atoms with Crippen LogP contribution in [0.15, 0.2) is 66.9 Å². The zero-order chi connectivity index (χ0) is 15.1. The lowest BCUT2D eigenvalue weighted by Gasteiger charge is -2.09. The van der Waals surface area contributed by atoms with E-state index in [1.54, 1.807) is 6.07 Å². The van der Waals surface area contributed by atoms with Crippen LogP contribution < -0.4 is 0 Å². The second kappa shape index (κ2) is 4.99. The first-order chi connectivity index (χ1) is 10.7. The minimum atomic E-state index is -0.187. The molecular formula is C20H16FN. The molecule has 1 nitrogen and oxygen atoms in total. The fraction of sp³-hybridized carbons (Fsp3) is 0.100. The highest BCUT2D eigenvalue weighted by molar-refractivity contribution is 5.86. The summed E-state index contributed by atoms with van der Waals surface area (Å²) in [5.74, 6) is -0.187. The van der Waals surface area contributed by atoms with E-state index < -0.39 is 0 Å². The summed E-state index contributed by atoms with van der Waals surface area (Å²) in [6.45, 7) is 2.84. The third-order valence-electron chi connectivity index (χ3n) is 4.20. The number of aryl methyl sites for hydroxylation is 1. The van der Waals surface area contributed by atoms with Crippen LogP contribution in [0.5, 0.6) is 0 Å². The first-order valence-corrected chi connectivity index (χ1v) is 7.43. The van der Waals surface area contributed by atoms with Crippen molar-refractivity contribution in [3.8, 4) is 0 Å². The Morgan fingerprint density at radius 1 is 0.909 bits per heavy atom. The Hall–Kier alpha value is -2.61. The Morgan fingerprint density at radius 2 is 1.82 bits per heavy atom. The molecule has 0 saturated heterocycles. The molecule has 0 spiro atoms. The predicted molar refractivity (Wildman–Crippen MR) is 89.7 cm³/mol. The van der Waals surface area contributed by atoms with Crippen LogP contribution in [-0.4, -0.2) is 4.57 Å². The molecule has 3 aromatic carbocycles. The molecule has 108 valence electrons.